The maximum Gasteiger partial charge on any atom is 0.170 e. The van der Waals surface area contributed by atoms with Crippen molar-refractivity contribution >= 4 is 10.6 Å². The average Bonchev–Trinajstić information content (AvgIpc) is 2.06. The molecule has 4 nitrogen and oxygen atoms in total. The van der Waals surface area contributed by atoms with Crippen molar-refractivity contribution in [2.45, 2.75) is 18.6 Å². The quantitative estimate of drug-likeness (QED) is 0.657. The smallest absolute Gasteiger partial charge is 0.170 e. The van der Waals surface area contributed by atoms with Crippen LogP contribution in [0, 0.1) is 0 Å². The molecule has 74 valence electrons. The van der Waals surface area contributed by atoms with Gasteiger partial charge in [0.25, 0.3) is 0 Å². The summed E-state index contributed by atoms with van der Waals surface area (Å²) in [5.74, 6) is 0.186. The van der Waals surface area contributed by atoms with E-state index in [1.165, 1.54) is 0 Å². The van der Waals surface area contributed by atoms with E-state index in [-0.39, 0.29) is 0 Å². The Kier molecular flexibility index (Phi) is 3.01. The van der Waals surface area contributed by atoms with Crippen LogP contribution in [0.2, 0.25) is 0 Å². The van der Waals surface area contributed by atoms with E-state index in [4.69, 9.17) is 9.47 Å². The van der Waals surface area contributed by atoms with Gasteiger partial charge in [-0.25, -0.2) is 0 Å². The fourth-order valence-electron chi connectivity index (χ4n) is 1.36. The molecule has 1 aliphatic rings. The molecule has 0 amide bonds. The zero-order valence-corrected chi connectivity index (χ0v) is 8.26. The molecule has 0 spiro atoms. The van der Waals surface area contributed by atoms with E-state index >= 15 is 0 Å². The molecule has 0 aromatic rings. The van der Waals surface area contributed by atoms with Crippen molar-refractivity contribution in [1.82, 2.24) is 0 Å². The lowest BCUT2D eigenvalue weighted by atomic mass is 10.1. The van der Waals surface area contributed by atoms with Crippen molar-refractivity contribution in [3.05, 3.63) is 0 Å². The van der Waals surface area contributed by atoms with Gasteiger partial charge in [-0.1, -0.05) is 0 Å². The second kappa shape index (κ2) is 3.51. The first-order valence-electron chi connectivity index (χ1n) is 3.87. The Labute approximate surface area is 74.2 Å². The predicted molar refractivity (Wildman–Crippen MR) is 48.6 cm³/mol. The molecule has 0 aromatic heterocycles. The van der Waals surface area contributed by atoms with Crippen molar-refractivity contribution in [1.29, 1.82) is 0 Å². The van der Waals surface area contributed by atoms with Crippen LogP contribution in [0.3, 0.4) is 0 Å². The highest BCUT2D eigenvalue weighted by Crippen LogP contribution is 2.47. The van der Waals surface area contributed by atoms with Gasteiger partial charge in [-0.3, -0.25) is 9.11 Å². The highest BCUT2D eigenvalue weighted by molar-refractivity contribution is 8.24. The number of ether oxygens (including phenoxy) is 2. The minimum absolute atomic E-state index is 0.384. The summed E-state index contributed by atoms with van der Waals surface area (Å²) in [4.78, 5) is 0. The summed E-state index contributed by atoms with van der Waals surface area (Å²) in [6.45, 7) is 0. The summed E-state index contributed by atoms with van der Waals surface area (Å²) in [6.07, 6.45) is 1.12. The maximum atomic E-state index is 9.33. The molecule has 0 aromatic carbocycles. The fraction of sp³-hybridized carbons (Fsp3) is 1.00. The van der Waals surface area contributed by atoms with Gasteiger partial charge >= 0.3 is 0 Å². The molecule has 1 heterocycles. The molecule has 1 rings (SSSR count). The number of hydrogen-bond donors (Lipinski definition) is 2. The zero-order valence-electron chi connectivity index (χ0n) is 7.45. The molecule has 5 heteroatoms. The summed E-state index contributed by atoms with van der Waals surface area (Å²) >= 11 is 0. The summed E-state index contributed by atoms with van der Waals surface area (Å²) in [5, 5.41) is 0. The zero-order chi connectivity index (χ0) is 9.24. The third-order valence-electron chi connectivity index (χ3n) is 2.36. The van der Waals surface area contributed by atoms with E-state index in [9.17, 15) is 9.11 Å². The van der Waals surface area contributed by atoms with E-state index < -0.39 is 16.4 Å². The molecular formula is C7H16O4S. The Morgan fingerprint density at radius 3 is 1.83 bits per heavy atom. The number of methoxy groups -OCH3 is 2. The molecule has 0 aliphatic carbocycles. The molecule has 0 saturated carbocycles. The van der Waals surface area contributed by atoms with E-state index in [1.54, 1.807) is 14.2 Å². The highest BCUT2D eigenvalue weighted by Gasteiger charge is 2.37. The van der Waals surface area contributed by atoms with Crippen molar-refractivity contribution < 1.29 is 18.6 Å². The van der Waals surface area contributed by atoms with Crippen LogP contribution in [0.1, 0.15) is 12.8 Å². The Balaban J connectivity index is 2.53. The molecule has 1 saturated heterocycles. The van der Waals surface area contributed by atoms with Gasteiger partial charge in [-0.15, -0.1) is 0 Å². The lowest BCUT2D eigenvalue weighted by Crippen LogP contribution is -2.41. The van der Waals surface area contributed by atoms with Crippen LogP contribution in [0.4, 0.5) is 0 Å². The predicted octanol–water partition coefficient (Wildman–Crippen LogP) is 1.52. The third-order valence-corrected chi connectivity index (χ3v) is 4.08. The molecule has 1 aliphatic heterocycles. The standard InChI is InChI=1S/C7H16O4S/c1-10-7(11-2)3-5-12(8,9)6-4-7/h8-9H,3-6H2,1-2H3. The van der Waals surface area contributed by atoms with Gasteiger partial charge in [0.1, 0.15) is 0 Å². The summed E-state index contributed by atoms with van der Waals surface area (Å²) < 4.78 is 29.0. The van der Waals surface area contributed by atoms with Gasteiger partial charge in [0.05, 0.1) is 0 Å². The van der Waals surface area contributed by atoms with Gasteiger partial charge in [0, 0.05) is 38.6 Å². The fourth-order valence-corrected chi connectivity index (χ4v) is 2.84. The van der Waals surface area contributed by atoms with Crippen molar-refractivity contribution in [2.75, 3.05) is 25.7 Å². The number of rotatable bonds is 2. The van der Waals surface area contributed by atoms with Crippen molar-refractivity contribution in [3.63, 3.8) is 0 Å². The van der Waals surface area contributed by atoms with Crippen LogP contribution in [0.5, 0.6) is 0 Å². The van der Waals surface area contributed by atoms with E-state index in [0.717, 1.165) is 0 Å². The van der Waals surface area contributed by atoms with Crippen LogP contribution in [0.15, 0.2) is 0 Å². The van der Waals surface area contributed by atoms with Crippen LogP contribution < -0.4 is 0 Å². The molecule has 12 heavy (non-hydrogen) atoms. The average molecular weight is 196 g/mol. The second-order valence-corrected chi connectivity index (χ2v) is 5.45. The lowest BCUT2D eigenvalue weighted by molar-refractivity contribution is -0.210. The molecule has 0 bridgehead atoms. The topological polar surface area (TPSA) is 58.9 Å². The van der Waals surface area contributed by atoms with Crippen LogP contribution >= 0.6 is 10.6 Å². The molecule has 0 unspecified atom stereocenters. The van der Waals surface area contributed by atoms with Crippen molar-refractivity contribution in [3.8, 4) is 0 Å². The normalized spacial score (nSPS) is 29.7. The van der Waals surface area contributed by atoms with Crippen LogP contribution in [-0.2, 0) is 9.47 Å². The molecular weight excluding hydrogens is 180 g/mol. The lowest BCUT2D eigenvalue weighted by Gasteiger charge is -2.44. The molecule has 1 fully saturated rings. The Hall–Kier alpha value is 0.190. The Bertz CT molecular complexity index is 143. The highest BCUT2D eigenvalue weighted by atomic mass is 32.3. The first-order valence-corrected chi connectivity index (χ1v) is 5.76. The van der Waals surface area contributed by atoms with E-state index in [0.29, 0.717) is 24.3 Å². The van der Waals surface area contributed by atoms with Crippen LogP contribution in [-0.4, -0.2) is 40.6 Å². The summed E-state index contributed by atoms with van der Waals surface area (Å²) in [5.41, 5.74) is 0. The van der Waals surface area contributed by atoms with Crippen molar-refractivity contribution in [2.24, 2.45) is 0 Å². The maximum absolute atomic E-state index is 9.33. The Morgan fingerprint density at radius 2 is 1.50 bits per heavy atom. The summed E-state index contributed by atoms with van der Waals surface area (Å²) in [7, 11) is 0.834. The molecule has 0 atom stereocenters. The second-order valence-electron chi connectivity index (χ2n) is 3.03. The first-order chi connectivity index (χ1) is 5.54. The van der Waals surface area contributed by atoms with E-state index in [1.807, 2.05) is 0 Å². The molecule has 0 radical (unpaired) electrons. The Morgan fingerprint density at radius 1 is 1.08 bits per heavy atom. The third kappa shape index (κ3) is 2.11. The molecule has 2 N–H and O–H groups in total. The SMILES string of the molecule is COC1(OC)CCS(O)(O)CC1. The summed E-state index contributed by atoms with van der Waals surface area (Å²) in [6, 6.07) is 0. The van der Waals surface area contributed by atoms with Gasteiger partial charge in [0.15, 0.2) is 5.79 Å². The van der Waals surface area contributed by atoms with Gasteiger partial charge in [-0.05, 0) is 0 Å². The number of hydrogen-bond acceptors (Lipinski definition) is 4. The van der Waals surface area contributed by atoms with Gasteiger partial charge in [0.2, 0.25) is 0 Å². The van der Waals surface area contributed by atoms with Crippen LogP contribution in [0.25, 0.3) is 0 Å². The van der Waals surface area contributed by atoms with Gasteiger partial charge < -0.3 is 9.47 Å². The van der Waals surface area contributed by atoms with E-state index in [2.05, 4.69) is 0 Å². The monoisotopic (exact) mass is 196 g/mol. The minimum Gasteiger partial charge on any atom is -0.353 e. The largest absolute Gasteiger partial charge is 0.353 e. The first kappa shape index (κ1) is 10.3. The van der Waals surface area contributed by atoms with Gasteiger partial charge in [-0.2, -0.15) is 10.6 Å². The minimum atomic E-state index is -2.33.